The minimum atomic E-state index is -0.0990. The second-order valence-corrected chi connectivity index (χ2v) is 11.1. The number of aromatic nitrogens is 2. The Hall–Kier alpha value is -3.79. The monoisotopic (exact) mass is 540 g/mol. The second-order valence-electron chi connectivity index (χ2n) is 10.1. The van der Waals surface area contributed by atoms with Crippen molar-refractivity contribution in [2.45, 2.75) is 19.4 Å². The van der Waals surface area contributed by atoms with Crippen LogP contribution in [0.1, 0.15) is 26.5 Å². The van der Waals surface area contributed by atoms with E-state index in [-0.39, 0.29) is 18.4 Å². The number of amides is 2. The van der Waals surface area contributed by atoms with Crippen LogP contribution >= 0.6 is 11.3 Å². The van der Waals surface area contributed by atoms with Crippen molar-refractivity contribution < 1.29 is 9.59 Å². The van der Waals surface area contributed by atoms with Crippen molar-refractivity contribution in [3.05, 3.63) is 87.7 Å². The van der Waals surface area contributed by atoms with Crippen LogP contribution in [0.4, 0.5) is 5.69 Å². The van der Waals surface area contributed by atoms with E-state index in [2.05, 4.69) is 34.0 Å². The Morgan fingerprint density at radius 3 is 2.49 bits per heavy atom. The number of nitrogens with zero attached hydrogens (tertiary/aromatic N) is 4. The van der Waals surface area contributed by atoms with E-state index >= 15 is 0 Å². The molecular formula is C30H32N6O2S. The van der Waals surface area contributed by atoms with Crippen LogP contribution in [0.15, 0.2) is 66.0 Å². The van der Waals surface area contributed by atoms with Crippen LogP contribution < -0.4 is 10.6 Å². The first kappa shape index (κ1) is 25.5. The molecule has 1 aliphatic heterocycles. The molecule has 8 nitrogen and oxygen atoms in total. The zero-order valence-electron chi connectivity index (χ0n) is 22.0. The van der Waals surface area contributed by atoms with Crippen molar-refractivity contribution in [2.24, 2.45) is 0 Å². The number of hydrogen-bond acceptors (Lipinski definition) is 6. The zero-order chi connectivity index (χ0) is 26.8. The summed E-state index contributed by atoms with van der Waals surface area (Å²) in [6.45, 7) is 4.04. The third kappa shape index (κ3) is 5.38. The second kappa shape index (κ2) is 11.1. The molecule has 200 valence electrons. The van der Waals surface area contributed by atoms with E-state index in [0.717, 1.165) is 72.8 Å². The maximum absolute atomic E-state index is 13.6. The van der Waals surface area contributed by atoms with Crippen molar-refractivity contribution in [2.75, 3.05) is 45.1 Å². The number of fused-ring (bicyclic) bond motifs is 3. The number of aryl methyl sites for hydroxylation is 1. The highest BCUT2D eigenvalue weighted by molar-refractivity contribution is 7.10. The summed E-state index contributed by atoms with van der Waals surface area (Å²) in [6.07, 6.45) is 1.74. The number of carbonyl (C=O) groups excluding carboxylic acids is 2. The van der Waals surface area contributed by atoms with Gasteiger partial charge in [0.25, 0.3) is 5.91 Å². The van der Waals surface area contributed by atoms with Gasteiger partial charge in [-0.3, -0.25) is 9.59 Å². The van der Waals surface area contributed by atoms with Crippen LogP contribution in [-0.2, 0) is 24.2 Å². The molecule has 39 heavy (non-hydrogen) atoms. The number of hydrogen-bond donors (Lipinski definition) is 2. The summed E-state index contributed by atoms with van der Waals surface area (Å²) in [4.78, 5) is 31.6. The predicted molar refractivity (Wildman–Crippen MR) is 154 cm³/mol. The normalized spacial score (nSPS) is 15.1. The molecule has 3 heterocycles. The van der Waals surface area contributed by atoms with E-state index in [1.54, 1.807) is 11.3 Å². The maximum atomic E-state index is 13.6. The van der Waals surface area contributed by atoms with Gasteiger partial charge in [0, 0.05) is 54.4 Å². The van der Waals surface area contributed by atoms with E-state index in [1.807, 2.05) is 64.2 Å². The topological polar surface area (TPSA) is 82.5 Å². The lowest BCUT2D eigenvalue weighted by molar-refractivity contribution is -0.115. The van der Waals surface area contributed by atoms with Gasteiger partial charge in [0.1, 0.15) is 0 Å². The number of carbonyl (C=O) groups is 2. The Bertz CT molecular complexity index is 1470. The fourth-order valence-corrected chi connectivity index (χ4v) is 6.15. The third-order valence-corrected chi connectivity index (χ3v) is 8.41. The summed E-state index contributed by atoms with van der Waals surface area (Å²) < 4.78 is 1.91. The molecule has 1 fully saturated rings. The zero-order valence-corrected chi connectivity index (χ0v) is 22.8. The average molecular weight is 541 g/mol. The number of rotatable bonds is 7. The quantitative estimate of drug-likeness (QED) is 0.373. The molecule has 0 unspecified atom stereocenters. The minimum absolute atomic E-state index is 0.0173. The van der Waals surface area contributed by atoms with Crippen LogP contribution in [0.3, 0.4) is 0 Å². The fourth-order valence-electron chi connectivity index (χ4n) is 5.27. The number of anilines is 1. The molecular weight excluding hydrogens is 508 g/mol. The van der Waals surface area contributed by atoms with Gasteiger partial charge in [-0.05, 0) is 61.2 Å². The largest absolute Gasteiger partial charge is 0.335 e. The Labute approximate surface area is 232 Å². The van der Waals surface area contributed by atoms with Gasteiger partial charge >= 0.3 is 0 Å². The van der Waals surface area contributed by atoms with E-state index in [1.165, 1.54) is 4.88 Å². The third-order valence-electron chi connectivity index (χ3n) is 7.43. The summed E-state index contributed by atoms with van der Waals surface area (Å²) in [7, 11) is 2.09. The van der Waals surface area contributed by atoms with Gasteiger partial charge in [-0.15, -0.1) is 11.3 Å². The SMILES string of the molecule is CN1CCN(C(=O)c2nn(-c3ccc(NC(=O)CNCc4ccccc4)cc3)c3c2CCc2sccc2-3)CC1. The Kier molecular flexibility index (Phi) is 7.28. The molecule has 0 bridgehead atoms. The van der Waals surface area contributed by atoms with Crippen LogP contribution in [0.2, 0.25) is 0 Å². The van der Waals surface area contributed by atoms with Crippen molar-refractivity contribution >= 4 is 28.8 Å². The van der Waals surface area contributed by atoms with Gasteiger partial charge in [-0.2, -0.15) is 5.10 Å². The molecule has 2 aromatic carbocycles. The fraction of sp³-hybridized carbons (Fsp3) is 0.300. The first-order chi connectivity index (χ1) is 19.1. The Balaban J connectivity index is 1.21. The van der Waals surface area contributed by atoms with E-state index < -0.39 is 0 Å². The summed E-state index contributed by atoms with van der Waals surface area (Å²) in [6, 6.07) is 19.8. The van der Waals surface area contributed by atoms with Gasteiger partial charge in [-0.1, -0.05) is 30.3 Å². The molecule has 2 aliphatic rings. The van der Waals surface area contributed by atoms with E-state index in [9.17, 15) is 9.59 Å². The lowest BCUT2D eigenvalue weighted by atomic mass is 9.94. The first-order valence-corrected chi connectivity index (χ1v) is 14.3. The van der Waals surface area contributed by atoms with Crippen LogP contribution in [0.5, 0.6) is 0 Å². The number of likely N-dealkylation sites (N-methyl/N-ethyl adjacent to an activating group) is 1. The van der Waals surface area contributed by atoms with Gasteiger partial charge in [0.05, 0.1) is 17.9 Å². The number of piperazine rings is 1. The van der Waals surface area contributed by atoms with Gasteiger partial charge in [0.15, 0.2) is 5.69 Å². The average Bonchev–Trinajstić information content (AvgIpc) is 3.59. The van der Waals surface area contributed by atoms with Crippen molar-refractivity contribution in [3.63, 3.8) is 0 Å². The molecule has 0 radical (unpaired) electrons. The first-order valence-electron chi connectivity index (χ1n) is 13.4. The van der Waals surface area contributed by atoms with Gasteiger partial charge < -0.3 is 20.4 Å². The molecule has 1 aliphatic carbocycles. The molecule has 2 aromatic heterocycles. The molecule has 2 N–H and O–H groups in total. The maximum Gasteiger partial charge on any atom is 0.274 e. The molecule has 0 saturated carbocycles. The Morgan fingerprint density at radius 2 is 1.72 bits per heavy atom. The van der Waals surface area contributed by atoms with Crippen LogP contribution in [0.25, 0.3) is 16.9 Å². The van der Waals surface area contributed by atoms with E-state index in [0.29, 0.717) is 12.2 Å². The number of nitrogens with one attached hydrogen (secondary N) is 2. The lowest BCUT2D eigenvalue weighted by Gasteiger charge is -2.32. The molecule has 2 amide bonds. The molecule has 4 aromatic rings. The highest BCUT2D eigenvalue weighted by Crippen LogP contribution is 2.40. The number of benzene rings is 2. The van der Waals surface area contributed by atoms with Crippen LogP contribution in [0, 0.1) is 0 Å². The summed E-state index contributed by atoms with van der Waals surface area (Å²) in [5, 5.41) is 13.2. The smallest absolute Gasteiger partial charge is 0.274 e. The summed E-state index contributed by atoms with van der Waals surface area (Å²) >= 11 is 1.76. The summed E-state index contributed by atoms with van der Waals surface area (Å²) in [5.74, 6) is -0.0817. The highest BCUT2D eigenvalue weighted by Gasteiger charge is 2.32. The number of thiophene rings is 1. The molecule has 9 heteroatoms. The standard InChI is InChI=1S/C30H32N6O2S/c1-34-14-16-35(17-15-34)30(38)28-25-11-12-26-24(13-18-39-26)29(25)36(33-28)23-9-7-22(8-10-23)32-27(37)20-31-19-21-5-3-2-4-6-21/h2-10,13,18,31H,11-12,14-17,19-20H2,1H3,(H,32,37). The molecule has 0 spiro atoms. The highest BCUT2D eigenvalue weighted by atomic mass is 32.1. The minimum Gasteiger partial charge on any atom is -0.335 e. The Morgan fingerprint density at radius 1 is 0.949 bits per heavy atom. The molecule has 6 rings (SSSR count). The van der Waals surface area contributed by atoms with E-state index in [4.69, 9.17) is 5.10 Å². The van der Waals surface area contributed by atoms with Crippen molar-refractivity contribution in [1.82, 2.24) is 24.9 Å². The van der Waals surface area contributed by atoms with Gasteiger partial charge in [0.2, 0.25) is 5.91 Å². The molecule has 1 saturated heterocycles. The molecule has 0 atom stereocenters. The van der Waals surface area contributed by atoms with Gasteiger partial charge in [-0.25, -0.2) is 4.68 Å². The predicted octanol–water partition coefficient (Wildman–Crippen LogP) is 3.82. The van der Waals surface area contributed by atoms with Crippen molar-refractivity contribution in [3.8, 4) is 16.9 Å². The summed E-state index contributed by atoms with van der Waals surface area (Å²) in [5.41, 5.74) is 6.49. The van der Waals surface area contributed by atoms with Crippen molar-refractivity contribution in [1.29, 1.82) is 0 Å². The van der Waals surface area contributed by atoms with Crippen LogP contribution in [-0.4, -0.2) is 71.2 Å². The lowest BCUT2D eigenvalue weighted by Crippen LogP contribution is -2.47.